The number of nitrogens with two attached hydrogens (primary N) is 1. The molecule has 0 amide bonds. The van der Waals surface area contributed by atoms with E-state index in [1.807, 2.05) is 41.2 Å². The van der Waals surface area contributed by atoms with Gasteiger partial charge in [0.2, 0.25) is 5.89 Å². The molecule has 0 radical (unpaired) electrons. The molecule has 0 bridgehead atoms. The van der Waals surface area contributed by atoms with E-state index < -0.39 is 5.97 Å². The molecular formula is C15H13N3O3. The predicted octanol–water partition coefficient (Wildman–Crippen LogP) is 2.29. The van der Waals surface area contributed by atoms with Gasteiger partial charge in [0.05, 0.1) is 6.54 Å². The fraction of sp³-hybridized carbons (Fsp3) is 0.0667. The molecule has 106 valence electrons. The summed E-state index contributed by atoms with van der Waals surface area (Å²) in [5.41, 5.74) is 6.94. The summed E-state index contributed by atoms with van der Waals surface area (Å²) in [6, 6.07) is 11.2. The van der Waals surface area contributed by atoms with E-state index in [4.69, 9.17) is 10.2 Å². The number of carboxylic acid groups (broad SMARTS) is 1. The van der Waals surface area contributed by atoms with Crippen molar-refractivity contribution in [3.63, 3.8) is 0 Å². The minimum Gasteiger partial charge on any atom is -0.476 e. The Kier molecular flexibility index (Phi) is 3.29. The Morgan fingerprint density at radius 2 is 1.90 bits per heavy atom. The minimum absolute atomic E-state index is 0.0573. The quantitative estimate of drug-likeness (QED) is 0.766. The Labute approximate surface area is 120 Å². The first-order valence-electron chi connectivity index (χ1n) is 6.36. The molecule has 0 aliphatic rings. The first kappa shape index (κ1) is 13.1. The van der Waals surface area contributed by atoms with Gasteiger partial charge in [-0.25, -0.2) is 9.78 Å². The normalized spacial score (nSPS) is 10.7. The van der Waals surface area contributed by atoms with Gasteiger partial charge in [0.1, 0.15) is 0 Å². The van der Waals surface area contributed by atoms with Gasteiger partial charge < -0.3 is 19.8 Å². The number of aromatic carboxylic acids is 1. The number of hydrogen-bond acceptors (Lipinski definition) is 4. The van der Waals surface area contributed by atoms with Crippen LogP contribution in [0.4, 0.5) is 0 Å². The molecule has 0 aliphatic heterocycles. The van der Waals surface area contributed by atoms with Crippen molar-refractivity contribution in [3.8, 4) is 17.0 Å². The third-order valence-corrected chi connectivity index (χ3v) is 3.08. The number of oxazole rings is 1. The van der Waals surface area contributed by atoms with Crippen LogP contribution in [0.1, 0.15) is 16.4 Å². The number of carboxylic acids is 1. The van der Waals surface area contributed by atoms with Crippen molar-refractivity contribution < 1.29 is 14.3 Å². The zero-order chi connectivity index (χ0) is 14.8. The predicted molar refractivity (Wildman–Crippen MR) is 76.1 cm³/mol. The van der Waals surface area contributed by atoms with Crippen molar-refractivity contribution >= 4 is 5.97 Å². The second kappa shape index (κ2) is 5.26. The van der Waals surface area contributed by atoms with E-state index in [0.29, 0.717) is 5.56 Å². The van der Waals surface area contributed by atoms with E-state index in [9.17, 15) is 9.90 Å². The lowest BCUT2D eigenvalue weighted by molar-refractivity contribution is 0.0691. The summed E-state index contributed by atoms with van der Waals surface area (Å²) in [7, 11) is 0. The number of nitrogens with zero attached hydrogens (tertiary/aromatic N) is 2. The largest absolute Gasteiger partial charge is 0.476 e. The maximum Gasteiger partial charge on any atom is 0.358 e. The number of benzene rings is 1. The van der Waals surface area contributed by atoms with Gasteiger partial charge in [-0.05, 0) is 36.4 Å². The summed E-state index contributed by atoms with van der Waals surface area (Å²) < 4.78 is 7.37. The van der Waals surface area contributed by atoms with E-state index in [-0.39, 0.29) is 23.9 Å². The molecule has 0 aliphatic carbocycles. The molecule has 0 fully saturated rings. The van der Waals surface area contributed by atoms with Gasteiger partial charge in [0, 0.05) is 23.6 Å². The standard InChI is InChI=1S/C15H13N3O3/c16-9-12-17-13(15(19)20)14(21-12)10-3-5-11(6-4-10)18-7-1-2-8-18/h1-8H,9,16H2,(H,19,20). The molecule has 21 heavy (non-hydrogen) atoms. The smallest absolute Gasteiger partial charge is 0.358 e. The van der Waals surface area contributed by atoms with Gasteiger partial charge in [-0.15, -0.1) is 0 Å². The van der Waals surface area contributed by atoms with E-state index in [1.165, 1.54) is 0 Å². The van der Waals surface area contributed by atoms with E-state index in [1.54, 1.807) is 12.1 Å². The topological polar surface area (TPSA) is 94.3 Å². The Bertz CT molecular complexity index is 758. The molecule has 0 saturated carbocycles. The van der Waals surface area contributed by atoms with Crippen molar-refractivity contribution in [2.45, 2.75) is 6.54 Å². The third-order valence-electron chi connectivity index (χ3n) is 3.08. The van der Waals surface area contributed by atoms with Gasteiger partial charge in [0.25, 0.3) is 0 Å². The minimum atomic E-state index is -1.14. The van der Waals surface area contributed by atoms with Crippen LogP contribution in [0.2, 0.25) is 0 Å². The molecule has 0 atom stereocenters. The zero-order valence-electron chi connectivity index (χ0n) is 11.1. The Balaban J connectivity index is 2.01. The Hall–Kier alpha value is -2.86. The molecule has 0 spiro atoms. The molecule has 3 aromatic rings. The summed E-state index contributed by atoms with van der Waals surface area (Å²) in [5, 5.41) is 9.17. The van der Waals surface area contributed by atoms with Crippen LogP contribution in [0.5, 0.6) is 0 Å². The monoisotopic (exact) mass is 283 g/mol. The summed E-state index contributed by atoms with van der Waals surface area (Å²) in [5.74, 6) is -0.707. The van der Waals surface area contributed by atoms with Gasteiger partial charge in [-0.3, -0.25) is 0 Å². The van der Waals surface area contributed by atoms with Gasteiger partial charge in [-0.1, -0.05) is 0 Å². The zero-order valence-corrected chi connectivity index (χ0v) is 11.1. The lowest BCUT2D eigenvalue weighted by Gasteiger charge is -2.04. The second-order valence-corrected chi connectivity index (χ2v) is 4.43. The van der Waals surface area contributed by atoms with Crippen LogP contribution in [0.25, 0.3) is 17.0 Å². The van der Waals surface area contributed by atoms with Crippen molar-refractivity contribution in [1.29, 1.82) is 0 Å². The molecule has 2 aromatic heterocycles. The maximum atomic E-state index is 11.2. The van der Waals surface area contributed by atoms with Crippen molar-refractivity contribution in [1.82, 2.24) is 9.55 Å². The molecule has 1 aromatic carbocycles. The summed E-state index contributed by atoms with van der Waals surface area (Å²) in [6.07, 6.45) is 3.86. The fourth-order valence-electron chi connectivity index (χ4n) is 2.08. The highest BCUT2D eigenvalue weighted by molar-refractivity contribution is 5.92. The summed E-state index contributed by atoms with van der Waals surface area (Å²) >= 11 is 0. The van der Waals surface area contributed by atoms with Crippen molar-refractivity contribution in [2.24, 2.45) is 5.73 Å². The first-order valence-corrected chi connectivity index (χ1v) is 6.36. The summed E-state index contributed by atoms with van der Waals surface area (Å²) in [4.78, 5) is 15.1. The maximum absolute atomic E-state index is 11.2. The second-order valence-electron chi connectivity index (χ2n) is 4.43. The first-order chi connectivity index (χ1) is 10.2. The van der Waals surface area contributed by atoms with Gasteiger partial charge in [-0.2, -0.15) is 0 Å². The lowest BCUT2D eigenvalue weighted by Crippen LogP contribution is -2.01. The molecule has 3 N–H and O–H groups in total. The van der Waals surface area contributed by atoms with Crippen LogP contribution in [-0.2, 0) is 6.54 Å². The number of rotatable bonds is 4. The molecule has 6 heteroatoms. The third kappa shape index (κ3) is 2.44. The molecular weight excluding hydrogens is 270 g/mol. The number of aromatic nitrogens is 2. The Morgan fingerprint density at radius 3 is 2.48 bits per heavy atom. The van der Waals surface area contributed by atoms with Crippen molar-refractivity contribution in [3.05, 3.63) is 60.4 Å². The van der Waals surface area contributed by atoms with Crippen molar-refractivity contribution in [2.75, 3.05) is 0 Å². The molecule has 6 nitrogen and oxygen atoms in total. The van der Waals surface area contributed by atoms with Crippen LogP contribution < -0.4 is 5.73 Å². The number of carbonyl (C=O) groups is 1. The Morgan fingerprint density at radius 1 is 1.24 bits per heavy atom. The highest BCUT2D eigenvalue weighted by atomic mass is 16.4. The highest BCUT2D eigenvalue weighted by Crippen LogP contribution is 2.26. The van der Waals surface area contributed by atoms with E-state index in [2.05, 4.69) is 4.98 Å². The van der Waals surface area contributed by atoms with Gasteiger partial charge in [0.15, 0.2) is 11.5 Å². The summed E-state index contributed by atoms with van der Waals surface area (Å²) in [6.45, 7) is 0.0573. The van der Waals surface area contributed by atoms with Crippen LogP contribution in [0.15, 0.2) is 53.2 Å². The average molecular weight is 283 g/mol. The van der Waals surface area contributed by atoms with E-state index in [0.717, 1.165) is 5.69 Å². The highest BCUT2D eigenvalue weighted by Gasteiger charge is 2.20. The average Bonchev–Trinajstić information content (AvgIpc) is 3.17. The fourth-order valence-corrected chi connectivity index (χ4v) is 2.08. The molecule has 3 rings (SSSR count). The van der Waals surface area contributed by atoms with Crippen LogP contribution in [-0.4, -0.2) is 20.6 Å². The van der Waals surface area contributed by atoms with Crippen LogP contribution >= 0.6 is 0 Å². The molecule has 0 unspecified atom stereocenters. The number of hydrogen-bond donors (Lipinski definition) is 2. The van der Waals surface area contributed by atoms with Crippen LogP contribution in [0.3, 0.4) is 0 Å². The molecule has 0 saturated heterocycles. The SMILES string of the molecule is NCc1nc(C(=O)O)c(-c2ccc(-n3cccc3)cc2)o1. The molecule has 2 heterocycles. The van der Waals surface area contributed by atoms with Gasteiger partial charge >= 0.3 is 5.97 Å². The van der Waals surface area contributed by atoms with E-state index >= 15 is 0 Å². The van der Waals surface area contributed by atoms with Crippen LogP contribution in [0, 0.1) is 0 Å². The lowest BCUT2D eigenvalue weighted by atomic mass is 10.1.